The molecule has 0 aliphatic carbocycles. The van der Waals surface area contributed by atoms with Gasteiger partial charge >= 0.3 is 0 Å². The van der Waals surface area contributed by atoms with Gasteiger partial charge in [0, 0.05) is 17.5 Å². The van der Waals surface area contributed by atoms with Gasteiger partial charge in [0.2, 0.25) is 0 Å². The molecule has 0 aliphatic rings. The van der Waals surface area contributed by atoms with Crippen molar-refractivity contribution in [3.05, 3.63) is 59.4 Å². The van der Waals surface area contributed by atoms with E-state index in [4.69, 9.17) is 4.98 Å². The molecule has 0 radical (unpaired) electrons. The van der Waals surface area contributed by atoms with Gasteiger partial charge in [-0.05, 0) is 37.5 Å². The van der Waals surface area contributed by atoms with Crippen molar-refractivity contribution in [2.75, 3.05) is 0 Å². The second kappa shape index (κ2) is 4.54. The largest absolute Gasteiger partial charge is 0.303 e. The van der Waals surface area contributed by atoms with Gasteiger partial charge in [0.15, 0.2) is 0 Å². The molecule has 0 atom stereocenters. The molecule has 2 heteroatoms. The van der Waals surface area contributed by atoms with Crippen LogP contribution in [-0.2, 0) is 6.42 Å². The fourth-order valence-corrected chi connectivity index (χ4v) is 2.44. The number of aromatic nitrogens is 2. The molecule has 0 bridgehead atoms. The predicted molar refractivity (Wildman–Crippen MR) is 79.5 cm³/mol. The van der Waals surface area contributed by atoms with Gasteiger partial charge < -0.3 is 4.40 Å². The van der Waals surface area contributed by atoms with Crippen LogP contribution in [-0.4, -0.2) is 9.38 Å². The number of benzene rings is 1. The summed E-state index contributed by atoms with van der Waals surface area (Å²) in [5.74, 6) is 0. The maximum absolute atomic E-state index is 4.74. The van der Waals surface area contributed by atoms with E-state index in [2.05, 4.69) is 67.8 Å². The van der Waals surface area contributed by atoms with Crippen LogP contribution in [0.4, 0.5) is 0 Å². The molecule has 96 valence electrons. The van der Waals surface area contributed by atoms with Gasteiger partial charge in [-0.25, -0.2) is 4.98 Å². The summed E-state index contributed by atoms with van der Waals surface area (Å²) in [5, 5.41) is 0. The SMILES string of the molecule is CCc1ccc(-c2nc3ccc(C)cn3c2C)cc1. The first-order valence-electron chi connectivity index (χ1n) is 6.73. The molecule has 0 amide bonds. The van der Waals surface area contributed by atoms with Gasteiger partial charge in [0.25, 0.3) is 0 Å². The van der Waals surface area contributed by atoms with Gasteiger partial charge in [-0.2, -0.15) is 0 Å². The summed E-state index contributed by atoms with van der Waals surface area (Å²) in [7, 11) is 0. The van der Waals surface area contributed by atoms with Crippen LogP contribution in [0.2, 0.25) is 0 Å². The quantitative estimate of drug-likeness (QED) is 0.667. The number of rotatable bonds is 2. The van der Waals surface area contributed by atoms with Gasteiger partial charge in [-0.15, -0.1) is 0 Å². The van der Waals surface area contributed by atoms with Crippen LogP contribution in [0.1, 0.15) is 23.7 Å². The Balaban J connectivity index is 2.16. The highest BCUT2D eigenvalue weighted by molar-refractivity contribution is 5.66. The summed E-state index contributed by atoms with van der Waals surface area (Å²) in [5.41, 5.74) is 7.09. The molecule has 0 N–H and O–H groups in total. The van der Waals surface area contributed by atoms with Crippen molar-refractivity contribution in [3.8, 4) is 11.3 Å². The minimum absolute atomic E-state index is 1.01. The number of nitrogens with zero attached hydrogens (tertiary/aromatic N) is 2. The molecule has 1 aromatic carbocycles. The summed E-state index contributed by atoms with van der Waals surface area (Å²) >= 11 is 0. The van der Waals surface area contributed by atoms with Gasteiger partial charge in [-0.3, -0.25) is 0 Å². The third kappa shape index (κ3) is 2.03. The number of fused-ring (bicyclic) bond motifs is 1. The highest BCUT2D eigenvalue weighted by Crippen LogP contribution is 2.24. The summed E-state index contributed by atoms with van der Waals surface area (Å²) in [6, 6.07) is 12.9. The van der Waals surface area contributed by atoms with Crippen molar-refractivity contribution in [3.63, 3.8) is 0 Å². The topological polar surface area (TPSA) is 17.3 Å². The van der Waals surface area contributed by atoms with Crippen LogP contribution < -0.4 is 0 Å². The number of hydrogen-bond donors (Lipinski definition) is 0. The predicted octanol–water partition coefficient (Wildman–Crippen LogP) is 4.18. The van der Waals surface area contributed by atoms with E-state index in [1.54, 1.807) is 0 Å². The van der Waals surface area contributed by atoms with Crippen LogP contribution in [0.3, 0.4) is 0 Å². The van der Waals surface area contributed by atoms with Gasteiger partial charge in [-0.1, -0.05) is 37.3 Å². The molecule has 0 saturated carbocycles. The van der Waals surface area contributed by atoms with E-state index in [-0.39, 0.29) is 0 Å². The zero-order valence-electron chi connectivity index (χ0n) is 11.6. The van der Waals surface area contributed by atoms with Crippen LogP contribution in [0.15, 0.2) is 42.6 Å². The molecular formula is C17H18N2. The Morgan fingerprint density at radius 1 is 1.00 bits per heavy atom. The van der Waals surface area contributed by atoms with Crippen molar-refractivity contribution >= 4 is 5.65 Å². The Bertz CT molecular complexity index is 721. The minimum Gasteiger partial charge on any atom is -0.303 e. The number of hydrogen-bond acceptors (Lipinski definition) is 1. The molecule has 0 unspecified atom stereocenters. The number of aryl methyl sites for hydroxylation is 3. The molecule has 3 aromatic rings. The Hall–Kier alpha value is -2.09. The molecule has 3 rings (SSSR count). The maximum atomic E-state index is 4.74. The highest BCUT2D eigenvalue weighted by atomic mass is 15.0. The summed E-state index contributed by atoms with van der Waals surface area (Å²) in [4.78, 5) is 4.74. The van der Waals surface area contributed by atoms with E-state index in [9.17, 15) is 0 Å². The Kier molecular flexibility index (Phi) is 2.86. The van der Waals surface area contributed by atoms with E-state index < -0.39 is 0 Å². The van der Waals surface area contributed by atoms with Gasteiger partial charge in [0.05, 0.1) is 5.69 Å². The third-order valence-electron chi connectivity index (χ3n) is 3.64. The lowest BCUT2D eigenvalue weighted by atomic mass is 10.1. The molecular weight excluding hydrogens is 232 g/mol. The number of imidazole rings is 1. The zero-order chi connectivity index (χ0) is 13.4. The number of pyridine rings is 1. The second-order valence-corrected chi connectivity index (χ2v) is 5.03. The molecule has 2 heterocycles. The lowest BCUT2D eigenvalue weighted by molar-refractivity contribution is 1.09. The van der Waals surface area contributed by atoms with Crippen molar-refractivity contribution in [2.24, 2.45) is 0 Å². The smallest absolute Gasteiger partial charge is 0.137 e. The van der Waals surface area contributed by atoms with Gasteiger partial charge in [0.1, 0.15) is 5.65 Å². The molecule has 0 spiro atoms. The van der Waals surface area contributed by atoms with Crippen LogP contribution >= 0.6 is 0 Å². The van der Waals surface area contributed by atoms with Crippen LogP contribution in [0, 0.1) is 13.8 Å². The molecule has 2 aromatic heterocycles. The summed E-state index contributed by atoms with van der Waals surface area (Å²) in [6.07, 6.45) is 3.21. The van der Waals surface area contributed by atoms with Crippen molar-refractivity contribution in [1.82, 2.24) is 9.38 Å². The summed E-state index contributed by atoms with van der Waals surface area (Å²) < 4.78 is 2.17. The Morgan fingerprint density at radius 3 is 2.42 bits per heavy atom. The first-order chi connectivity index (χ1) is 9.19. The lowest BCUT2D eigenvalue weighted by Crippen LogP contribution is -1.88. The van der Waals surface area contributed by atoms with E-state index in [1.165, 1.54) is 22.4 Å². The van der Waals surface area contributed by atoms with Crippen molar-refractivity contribution in [2.45, 2.75) is 27.2 Å². The normalized spacial score (nSPS) is 11.1. The molecule has 2 nitrogen and oxygen atoms in total. The fraction of sp³-hybridized carbons (Fsp3) is 0.235. The highest BCUT2D eigenvalue weighted by Gasteiger charge is 2.10. The molecule has 0 fully saturated rings. The third-order valence-corrected chi connectivity index (χ3v) is 3.64. The Labute approximate surface area is 113 Å². The van der Waals surface area contributed by atoms with Crippen molar-refractivity contribution < 1.29 is 0 Å². The van der Waals surface area contributed by atoms with E-state index in [0.717, 1.165) is 17.8 Å². The van der Waals surface area contributed by atoms with E-state index in [0.29, 0.717) is 0 Å². The molecule has 0 aliphatic heterocycles. The minimum atomic E-state index is 1.01. The molecule has 0 saturated heterocycles. The first-order valence-corrected chi connectivity index (χ1v) is 6.73. The Morgan fingerprint density at radius 2 is 1.74 bits per heavy atom. The summed E-state index contributed by atoms with van der Waals surface area (Å²) in [6.45, 7) is 6.41. The van der Waals surface area contributed by atoms with Crippen molar-refractivity contribution in [1.29, 1.82) is 0 Å². The van der Waals surface area contributed by atoms with E-state index >= 15 is 0 Å². The van der Waals surface area contributed by atoms with E-state index in [1.807, 2.05) is 0 Å². The average Bonchev–Trinajstić information content (AvgIpc) is 2.76. The molecule has 19 heavy (non-hydrogen) atoms. The standard InChI is InChI=1S/C17H18N2/c1-4-14-6-8-15(9-7-14)17-13(3)19-11-12(2)5-10-16(19)18-17/h5-11H,4H2,1-3H3. The lowest BCUT2D eigenvalue weighted by Gasteiger charge is -2.01. The van der Waals surface area contributed by atoms with Crippen LogP contribution in [0.25, 0.3) is 16.9 Å². The fourth-order valence-electron chi connectivity index (χ4n) is 2.44. The van der Waals surface area contributed by atoms with Crippen LogP contribution in [0.5, 0.6) is 0 Å². The monoisotopic (exact) mass is 250 g/mol. The second-order valence-electron chi connectivity index (χ2n) is 5.03. The average molecular weight is 250 g/mol. The zero-order valence-corrected chi connectivity index (χ0v) is 11.6. The maximum Gasteiger partial charge on any atom is 0.137 e. The first kappa shape index (κ1) is 12.0.